The van der Waals surface area contributed by atoms with Crippen LogP contribution in [0.15, 0.2) is 18.3 Å². The highest BCUT2D eigenvalue weighted by molar-refractivity contribution is 5.93. The zero-order valence-corrected chi connectivity index (χ0v) is 9.74. The number of pyridine rings is 1. The van der Waals surface area contributed by atoms with Gasteiger partial charge in [-0.15, -0.1) is 0 Å². The largest absolute Gasteiger partial charge is 0.351 e. The topological polar surface area (TPSA) is 65.8 Å². The quantitative estimate of drug-likeness (QED) is 0.820. The van der Waals surface area contributed by atoms with Crippen LogP contribution < -0.4 is 5.32 Å². The zero-order chi connectivity index (χ0) is 12.2. The number of aromatic nitrogens is 1. The highest BCUT2D eigenvalue weighted by Crippen LogP contribution is 2.10. The van der Waals surface area contributed by atoms with E-state index in [-0.39, 0.29) is 11.3 Å². The van der Waals surface area contributed by atoms with E-state index >= 15 is 0 Å². The van der Waals surface area contributed by atoms with Crippen molar-refractivity contribution in [3.63, 3.8) is 0 Å². The molecule has 0 radical (unpaired) electrons. The van der Waals surface area contributed by atoms with Gasteiger partial charge in [-0.3, -0.25) is 4.79 Å². The van der Waals surface area contributed by atoms with Crippen LogP contribution in [0.3, 0.4) is 0 Å². The number of rotatable bonds is 2. The van der Waals surface area contributed by atoms with E-state index < -0.39 is 0 Å². The Bertz CT molecular complexity index is 409. The Morgan fingerprint density at radius 2 is 2.19 bits per heavy atom. The molecule has 1 aromatic rings. The van der Waals surface area contributed by atoms with Crippen LogP contribution in [0.25, 0.3) is 0 Å². The summed E-state index contributed by atoms with van der Waals surface area (Å²) in [5.74, 6) is -0.160. The van der Waals surface area contributed by atoms with Crippen molar-refractivity contribution in [1.82, 2.24) is 10.3 Å². The van der Waals surface area contributed by atoms with E-state index in [0.717, 1.165) is 0 Å². The molecule has 0 aromatic carbocycles. The van der Waals surface area contributed by atoms with Crippen molar-refractivity contribution in [2.24, 2.45) is 5.41 Å². The average Bonchev–Trinajstić information content (AvgIpc) is 2.25. The molecular weight excluding hydrogens is 202 g/mol. The minimum absolute atomic E-state index is 0.0513. The van der Waals surface area contributed by atoms with Crippen LogP contribution in [-0.4, -0.2) is 17.4 Å². The molecule has 1 N–H and O–H groups in total. The number of nitrogens with one attached hydrogen (secondary N) is 1. The third-order valence-electron chi connectivity index (χ3n) is 1.92. The summed E-state index contributed by atoms with van der Waals surface area (Å²) in [5.41, 5.74) is 0.839. The van der Waals surface area contributed by atoms with E-state index in [4.69, 9.17) is 5.26 Å². The monoisotopic (exact) mass is 217 g/mol. The van der Waals surface area contributed by atoms with E-state index in [1.54, 1.807) is 6.07 Å². The fourth-order valence-electron chi connectivity index (χ4n) is 1.04. The Hall–Kier alpha value is -1.89. The molecule has 4 nitrogen and oxygen atoms in total. The number of nitrogens with zero attached hydrogens (tertiary/aromatic N) is 2. The van der Waals surface area contributed by atoms with Gasteiger partial charge in [-0.1, -0.05) is 20.8 Å². The molecule has 1 heterocycles. The first-order chi connectivity index (χ1) is 7.42. The Morgan fingerprint density at radius 3 is 2.62 bits per heavy atom. The average molecular weight is 217 g/mol. The van der Waals surface area contributed by atoms with Gasteiger partial charge in [-0.2, -0.15) is 5.26 Å². The lowest BCUT2D eigenvalue weighted by molar-refractivity contribution is 0.0939. The number of hydrogen-bond acceptors (Lipinski definition) is 3. The van der Waals surface area contributed by atoms with Crippen molar-refractivity contribution in [2.45, 2.75) is 20.8 Å². The first-order valence-electron chi connectivity index (χ1n) is 5.07. The van der Waals surface area contributed by atoms with Gasteiger partial charge in [-0.05, 0) is 17.5 Å². The maximum Gasteiger partial charge on any atom is 0.252 e. The van der Waals surface area contributed by atoms with Gasteiger partial charge >= 0.3 is 0 Å². The molecule has 1 amide bonds. The molecule has 0 unspecified atom stereocenters. The van der Waals surface area contributed by atoms with Crippen molar-refractivity contribution < 1.29 is 4.79 Å². The van der Waals surface area contributed by atoms with Gasteiger partial charge in [0.2, 0.25) is 0 Å². The fraction of sp³-hybridized carbons (Fsp3) is 0.417. The summed E-state index contributed by atoms with van der Waals surface area (Å²) in [7, 11) is 0. The predicted molar refractivity (Wildman–Crippen MR) is 60.7 cm³/mol. The molecule has 16 heavy (non-hydrogen) atoms. The first kappa shape index (κ1) is 12.2. The summed E-state index contributed by atoms with van der Waals surface area (Å²) in [6, 6.07) is 5.04. The molecule has 1 aromatic heterocycles. The summed E-state index contributed by atoms with van der Waals surface area (Å²) in [4.78, 5) is 15.5. The van der Waals surface area contributed by atoms with Crippen LogP contribution in [0.4, 0.5) is 0 Å². The molecule has 0 aliphatic heterocycles. The standard InChI is InChI=1S/C12H15N3O/c1-12(2,3)8-15-11(16)9-4-5-10(6-13)14-7-9/h4-5,7H,8H2,1-3H3,(H,15,16). The van der Waals surface area contributed by atoms with Gasteiger partial charge in [0, 0.05) is 12.7 Å². The summed E-state index contributed by atoms with van der Waals surface area (Å²) in [6.45, 7) is 6.74. The van der Waals surface area contributed by atoms with Gasteiger partial charge in [0.1, 0.15) is 11.8 Å². The summed E-state index contributed by atoms with van der Waals surface area (Å²) >= 11 is 0. The second-order valence-electron chi connectivity index (χ2n) is 4.79. The number of hydrogen-bond donors (Lipinski definition) is 1. The number of carbonyl (C=O) groups excluding carboxylic acids is 1. The molecule has 0 aliphatic carbocycles. The predicted octanol–water partition coefficient (Wildman–Crippen LogP) is 1.73. The molecule has 0 spiro atoms. The molecule has 4 heteroatoms. The molecule has 0 saturated heterocycles. The van der Waals surface area contributed by atoms with Crippen LogP contribution in [0, 0.1) is 16.7 Å². The van der Waals surface area contributed by atoms with E-state index in [2.05, 4.69) is 10.3 Å². The summed E-state index contributed by atoms with van der Waals surface area (Å²) in [6.07, 6.45) is 1.41. The molecule has 0 atom stereocenters. The number of amides is 1. The van der Waals surface area contributed by atoms with Gasteiger partial charge in [0.25, 0.3) is 5.91 Å². The number of carbonyl (C=O) groups is 1. The van der Waals surface area contributed by atoms with Crippen molar-refractivity contribution in [1.29, 1.82) is 5.26 Å². The van der Waals surface area contributed by atoms with Crippen LogP contribution in [0.5, 0.6) is 0 Å². The van der Waals surface area contributed by atoms with E-state index in [1.807, 2.05) is 26.8 Å². The Labute approximate surface area is 95.3 Å². The van der Waals surface area contributed by atoms with Crippen molar-refractivity contribution >= 4 is 5.91 Å². The first-order valence-corrected chi connectivity index (χ1v) is 5.07. The van der Waals surface area contributed by atoms with Crippen LogP contribution >= 0.6 is 0 Å². The van der Waals surface area contributed by atoms with E-state index in [9.17, 15) is 4.79 Å². The Kier molecular flexibility index (Phi) is 3.62. The highest BCUT2D eigenvalue weighted by atomic mass is 16.1. The molecular formula is C12H15N3O. The van der Waals surface area contributed by atoms with Crippen molar-refractivity contribution in [3.05, 3.63) is 29.6 Å². The lowest BCUT2D eigenvalue weighted by Crippen LogP contribution is -2.32. The Balaban J connectivity index is 2.64. The summed E-state index contributed by atoms with van der Waals surface area (Å²) < 4.78 is 0. The van der Waals surface area contributed by atoms with Crippen LogP contribution in [0.2, 0.25) is 0 Å². The van der Waals surface area contributed by atoms with E-state index in [0.29, 0.717) is 17.8 Å². The third kappa shape index (κ3) is 3.70. The van der Waals surface area contributed by atoms with Gasteiger partial charge < -0.3 is 5.32 Å². The molecule has 84 valence electrons. The molecule has 1 rings (SSSR count). The van der Waals surface area contributed by atoms with E-state index in [1.165, 1.54) is 12.3 Å². The molecule has 0 bridgehead atoms. The van der Waals surface area contributed by atoms with Crippen LogP contribution in [-0.2, 0) is 0 Å². The molecule has 0 aliphatic rings. The minimum atomic E-state index is -0.160. The molecule has 0 fully saturated rings. The lowest BCUT2D eigenvalue weighted by atomic mass is 9.97. The normalized spacial score (nSPS) is 10.6. The zero-order valence-electron chi connectivity index (χ0n) is 9.74. The SMILES string of the molecule is CC(C)(C)CNC(=O)c1ccc(C#N)nc1. The minimum Gasteiger partial charge on any atom is -0.351 e. The molecule has 0 saturated carbocycles. The van der Waals surface area contributed by atoms with Gasteiger partial charge in [-0.25, -0.2) is 4.98 Å². The second kappa shape index (κ2) is 4.75. The maximum absolute atomic E-state index is 11.7. The van der Waals surface area contributed by atoms with Gasteiger partial charge in [0.05, 0.1) is 5.56 Å². The van der Waals surface area contributed by atoms with Crippen molar-refractivity contribution in [3.8, 4) is 6.07 Å². The Morgan fingerprint density at radius 1 is 1.50 bits per heavy atom. The smallest absolute Gasteiger partial charge is 0.252 e. The number of nitriles is 1. The van der Waals surface area contributed by atoms with Crippen molar-refractivity contribution in [2.75, 3.05) is 6.54 Å². The highest BCUT2D eigenvalue weighted by Gasteiger charge is 2.13. The summed E-state index contributed by atoms with van der Waals surface area (Å²) in [5, 5.41) is 11.4. The van der Waals surface area contributed by atoms with Crippen LogP contribution in [0.1, 0.15) is 36.8 Å². The lowest BCUT2D eigenvalue weighted by Gasteiger charge is -2.18. The second-order valence-corrected chi connectivity index (χ2v) is 4.79. The maximum atomic E-state index is 11.7. The fourth-order valence-corrected chi connectivity index (χ4v) is 1.04. The third-order valence-corrected chi connectivity index (χ3v) is 1.92. The van der Waals surface area contributed by atoms with Gasteiger partial charge in [0.15, 0.2) is 0 Å².